The van der Waals surface area contributed by atoms with Crippen molar-refractivity contribution in [1.29, 1.82) is 0 Å². The van der Waals surface area contributed by atoms with Crippen molar-refractivity contribution in [2.45, 2.75) is 213 Å². The number of unbranched alkanes of at least 4 members (excludes halogenated alkanes) is 22. The molecule has 2 atom stereocenters. The van der Waals surface area contributed by atoms with E-state index in [2.05, 4.69) is 62.5 Å². The van der Waals surface area contributed by atoms with Crippen molar-refractivity contribution in [3.8, 4) is 0 Å². The number of hydrogen-bond acceptors (Lipinski definition) is 7. The van der Waals surface area contributed by atoms with Gasteiger partial charge >= 0.3 is 19.8 Å². The third-order valence-corrected chi connectivity index (χ3v) is 11.3. The van der Waals surface area contributed by atoms with Crippen LogP contribution >= 0.6 is 7.82 Å². The molecule has 1 unspecified atom stereocenters. The third kappa shape index (κ3) is 45.5. The zero-order valence-electron chi connectivity index (χ0n) is 39.4. The van der Waals surface area contributed by atoms with Crippen LogP contribution in [-0.2, 0) is 32.7 Å². The van der Waals surface area contributed by atoms with Crippen molar-refractivity contribution in [2.24, 2.45) is 0 Å². The first-order valence-corrected chi connectivity index (χ1v) is 25.9. The van der Waals surface area contributed by atoms with Crippen LogP contribution in [0, 0.1) is 0 Å². The Morgan fingerprint density at radius 3 is 1.38 bits per heavy atom. The Hall–Kier alpha value is -2.03. The van der Waals surface area contributed by atoms with E-state index in [9.17, 15) is 19.0 Å². The van der Waals surface area contributed by atoms with E-state index < -0.39 is 26.5 Å². The molecular formula is C50H93NO8P+. The molecular weight excluding hydrogens is 774 g/mol. The fourth-order valence-electron chi connectivity index (χ4n) is 6.49. The van der Waals surface area contributed by atoms with E-state index in [1.54, 1.807) is 0 Å². The Balaban J connectivity index is 4.33. The molecule has 0 saturated heterocycles. The highest BCUT2D eigenvalue weighted by Crippen LogP contribution is 2.43. The normalized spacial score (nSPS) is 13.9. The molecule has 0 aliphatic carbocycles. The maximum atomic E-state index is 12.7. The molecule has 0 saturated carbocycles. The smallest absolute Gasteiger partial charge is 0.462 e. The predicted octanol–water partition coefficient (Wildman–Crippen LogP) is 14.2. The summed E-state index contributed by atoms with van der Waals surface area (Å²) in [5.74, 6) is -0.824. The summed E-state index contributed by atoms with van der Waals surface area (Å²) in [7, 11) is 1.46. The lowest BCUT2D eigenvalue weighted by Gasteiger charge is -2.24. The van der Waals surface area contributed by atoms with Crippen LogP contribution in [0.2, 0.25) is 0 Å². The number of esters is 2. The van der Waals surface area contributed by atoms with Gasteiger partial charge in [-0.05, 0) is 77.0 Å². The second-order valence-corrected chi connectivity index (χ2v) is 18.9. The number of hydrogen-bond donors (Lipinski definition) is 1. The van der Waals surface area contributed by atoms with Crippen molar-refractivity contribution < 1.29 is 42.1 Å². The van der Waals surface area contributed by atoms with Crippen molar-refractivity contribution >= 4 is 19.8 Å². The zero-order valence-corrected chi connectivity index (χ0v) is 40.3. The van der Waals surface area contributed by atoms with Gasteiger partial charge in [-0.25, -0.2) is 4.57 Å². The summed E-state index contributed by atoms with van der Waals surface area (Å²) in [6, 6.07) is 0. The maximum absolute atomic E-state index is 12.7. The van der Waals surface area contributed by atoms with Gasteiger partial charge in [0.1, 0.15) is 19.8 Å². The van der Waals surface area contributed by atoms with Gasteiger partial charge in [0, 0.05) is 12.8 Å². The van der Waals surface area contributed by atoms with E-state index in [1.165, 1.54) is 116 Å². The van der Waals surface area contributed by atoms with Gasteiger partial charge < -0.3 is 18.9 Å². The predicted molar refractivity (Wildman–Crippen MR) is 252 cm³/mol. The summed E-state index contributed by atoms with van der Waals surface area (Å²) < 4.78 is 34.4. The van der Waals surface area contributed by atoms with Gasteiger partial charge in [-0.1, -0.05) is 165 Å². The summed E-state index contributed by atoms with van der Waals surface area (Å²) in [6.45, 7) is 4.37. The average molecular weight is 867 g/mol. The molecule has 0 amide bonds. The molecule has 0 aromatic carbocycles. The number of phosphoric ester groups is 1. The SMILES string of the molecule is CCCCC/C=C/C/C=C/C/C=C/CCCCCCC(=O)O[C@H](COC(=O)CCCCCCCCCCC/C=C/CCCCCCCC)COP(=O)(O)OCC[N+](C)(C)C. The van der Waals surface area contributed by atoms with Crippen LogP contribution in [0.4, 0.5) is 0 Å². The molecule has 10 heteroatoms. The van der Waals surface area contributed by atoms with E-state index in [4.69, 9.17) is 18.5 Å². The van der Waals surface area contributed by atoms with Crippen molar-refractivity contribution in [3.63, 3.8) is 0 Å². The molecule has 0 aromatic heterocycles. The molecule has 0 rings (SSSR count). The maximum Gasteiger partial charge on any atom is 0.472 e. The zero-order chi connectivity index (χ0) is 44.3. The first-order chi connectivity index (χ1) is 29.0. The number of likely N-dealkylation sites (N-methyl/N-ethyl adjacent to an activating group) is 1. The molecule has 350 valence electrons. The minimum atomic E-state index is -4.39. The number of phosphoric acid groups is 1. The topological polar surface area (TPSA) is 108 Å². The number of carbonyl (C=O) groups excluding carboxylic acids is 2. The van der Waals surface area contributed by atoms with Gasteiger partial charge in [-0.2, -0.15) is 0 Å². The summed E-state index contributed by atoms with van der Waals surface area (Å²) in [5.41, 5.74) is 0. The summed E-state index contributed by atoms with van der Waals surface area (Å²) >= 11 is 0. The van der Waals surface area contributed by atoms with Gasteiger partial charge in [-0.3, -0.25) is 18.6 Å². The molecule has 0 aliphatic heterocycles. The Labute approximate surface area is 369 Å². The van der Waals surface area contributed by atoms with Crippen molar-refractivity contribution in [2.75, 3.05) is 47.5 Å². The lowest BCUT2D eigenvalue weighted by Crippen LogP contribution is -2.37. The minimum absolute atomic E-state index is 0.0257. The van der Waals surface area contributed by atoms with Crippen LogP contribution in [0.3, 0.4) is 0 Å². The first kappa shape index (κ1) is 58.0. The molecule has 0 radical (unpaired) electrons. The molecule has 0 bridgehead atoms. The van der Waals surface area contributed by atoms with Crippen LogP contribution < -0.4 is 0 Å². The van der Waals surface area contributed by atoms with Gasteiger partial charge in [-0.15, -0.1) is 0 Å². The fraction of sp³-hybridized carbons (Fsp3) is 0.800. The number of carbonyl (C=O) groups is 2. The highest BCUT2D eigenvalue weighted by atomic mass is 31.2. The molecule has 0 heterocycles. The second kappa shape index (κ2) is 42.3. The fourth-order valence-corrected chi connectivity index (χ4v) is 7.23. The Kier molecular flexibility index (Phi) is 40.8. The lowest BCUT2D eigenvalue weighted by atomic mass is 10.1. The molecule has 60 heavy (non-hydrogen) atoms. The van der Waals surface area contributed by atoms with Crippen LogP contribution in [0.5, 0.6) is 0 Å². The number of quaternary nitrogens is 1. The van der Waals surface area contributed by atoms with Gasteiger partial charge in [0.25, 0.3) is 0 Å². The highest BCUT2D eigenvalue weighted by molar-refractivity contribution is 7.47. The molecule has 0 aromatic rings. The van der Waals surface area contributed by atoms with Gasteiger partial charge in [0.2, 0.25) is 0 Å². The monoisotopic (exact) mass is 867 g/mol. The Bertz CT molecular complexity index is 1160. The standard InChI is InChI=1S/C50H92NO8P/c1-6-8-10-12-14-16-18-20-22-24-25-27-28-30-32-34-36-38-40-42-49(52)56-46-48(47-58-60(54,55)57-45-44-51(3,4)5)59-50(53)43-41-39-37-35-33-31-29-26-23-21-19-17-15-13-11-9-7-2/h15,17,20-23,29,31,48H,6-14,16,18-19,24-28,30,32-47H2,1-5H3/p+1/b17-15+,22-20+,23-21+,31-29+/t48-/m1/s1. The van der Waals surface area contributed by atoms with E-state index in [0.717, 1.165) is 57.8 Å². The molecule has 9 nitrogen and oxygen atoms in total. The number of rotatable bonds is 44. The first-order valence-electron chi connectivity index (χ1n) is 24.4. The second-order valence-electron chi connectivity index (χ2n) is 17.5. The van der Waals surface area contributed by atoms with Crippen LogP contribution in [0.15, 0.2) is 48.6 Å². The molecule has 1 N–H and O–H groups in total. The number of nitrogens with zero attached hydrogens (tertiary/aromatic N) is 1. The summed E-state index contributed by atoms with van der Waals surface area (Å²) in [4.78, 5) is 35.5. The number of allylic oxidation sites excluding steroid dienone is 8. The third-order valence-electron chi connectivity index (χ3n) is 10.3. The van der Waals surface area contributed by atoms with E-state index in [0.29, 0.717) is 17.4 Å². The quantitative estimate of drug-likeness (QED) is 0.0212. The number of ether oxygens (including phenoxy) is 2. The Morgan fingerprint density at radius 1 is 0.517 bits per heavy atom. The summed E-state index contributed by atoms with van der Waals surface area (Å²) in [5, 5.41) is 0. The van der Waals surface area contributed by atoms with Crippen LogP contribution in [0.1, 0.15) is 206 Å². The van der Waals surface area contributed by atoms with Crippen LogP contribution in [0.25, 0.3) is 0 Å². The van der Waals surface area contributed by atoms with Crippen molar-refractivity contribution in [3.05, 3.63) is 48.6 Å². The van der Waals surface area contributed by atoms with Gasteiger partial charge in [0.15, 0.2) is 6.10 Å². The largest absolute Gasteiger partial charge is 0.472 e. The average Bonchev–Trinajstić information content (AvgIpc) is 3.20. The highest BCUT2D eigenvalue weighted by Gasteiger charge is 2.27. The lowest BCUT2D eigenvalue weighted by molar-refractivity contribution is -0.870. The Morgan fingerprint density at radius 2 is 0.900 bits per heavy atom. The van der Waals surface area contributed by atoms with E-state index in [-0.39, 0.29) is 32.0 Å². The van der Waals surface area contributed by atoms with E-state index in [1.807, 2.05) is 21.1 Å². The molecule has 0 fully saturated rings. The summed E-state index contributed by atoms with van der Waals surface area (Å²) in [6.07, 6.45) is 50.1. The molecule has 0 spiro atoms. The van der Waals surface area contributed by atoms with Crippen molar-refractivity contribution in [1.82, 2.24) is 0 Å². The molecule has 0 aliphatic rings. The van der Waals surface area contributed by atoms with E-state index >= 15 is 0 Å². The van der Waals surface area contributed by atoms with Crippen LogP contribution in [-0.4, -0.2) is 74.9 Å². The minimum Gasteiger partial charge on any atom is -0.462 e. The van der Waals surface area contributed by atoms with Gasteiger partial charge in [0.05, 0.1) is 27.7 Å².